The number of ether oxygens (including phenoxy) is 1. The van der Waals surface area contributed by atoms with Crippen molar-refractivity contribution in [3.8, 4) is 5.75 Å². The molecular formula is C18H16ClN3O3S. The lowest BCUT2D eigenvalue weighted by Crippen LogP contribution is -2.48. The van der Waals surface area contributed by atoms with E-state index in [0.717, 1.165) is 0 Å². The minimum atomic E-state index is -0.457. The Morgan fingerprint density at radius 1 is 1.08 bits per heavy atom. The van der Waals surface area contributed by atoms with Gasteiger partial charge in [0.1, 0.15) is 5.75 Å². The fraction of sp³-hybridized carbons (Fsp3) is 0.0556. The monoisotopic (exact) mass is 389 g/mol. The van der Waals surface area contributed by atoms with Gasteiger partial charge >= 0.3 is 0 Å². The number of amides is 2. The highest BCUT2D eigenvalue weighted by Crippen LogP contribution is 2.16. The number of hydrogen-bond acceptors (Lipinski definition) is 4. The molecule has 2 rings (SSSR count). The molecule has 0 aliphatic carbocycles. The number of carbonyl (C=O) groups excluding carboxylic acids is 2. The third-order valence-electron chi connectivity index (χ3n) is 3.20. The first-order valence-electron chi connectivity index (χ1n) is 7.47. The van der Waals surface area contributed by atoms with Crippen molar-refractivity contribution < 1.29 is 14.3 Å². The number of methoxy groups -OCH3 is 1. The molecule has 3 N–H and O–H groups in total. The van der Waals surface area contributed by atoms with Crippen LogP contribution in [0.5, 0.6) is 5.75 Å². The van der Waals surface area contributed by atoms with Crippen molar-refractivity contribution in [3.05, 3.63) is 70.8 Å². The second-order valence-electron chi connectivity index (χ2n) is 4.98. The summed E-state index contributed by atoms with van der Waals surface area (Å²) >= 11 is 11.0. The van der Waals surface area contributed by atoms with Crippen molar-refractivity contribution in [2.45, 2.75) is 0 Å². The van der Waals surface area contributed by atoms with Gasteiger partial charge < -0.3 is 4.74 Å². The van der Waals surface area contributed by atoms with Crippen LogP contribution >= 0.6 is 23.8 Å². The molecule has 0 spiro atoms. The Balaban J connectivity index is 1.81. The SMILES string of the molecule is COc1ccc(C(=O)NNC(=S)NC(=O)C=Cc2ccccc2Cl)cc1. The number of thiocarbonyl (C=S) groups is 1. The van der Waals surface area contributed by atoms with Crippen LogP contribution in [0.2, 0.25) is 5.02 Å². The summed E-state index contributed by atoms with van der Waals surface area (Å²) in [6.45, 7) is 0. The van der Waals surface area contributed by atoms with E-state index in [-0.39, 0.29) is 5.11 Å². The molecule has 134 valence electrons. The molecule has 0 radical (unpaired) electrons. The molecule has 0 aliphatic heterocycles. The van der Waals surface area contributed by atoms with E-state index in [1.807, 2.05) is 6.07 Å². The summed E-state index contributed by atoms with van der Waals surface area (Å²) in [5, 5.41) is 2.90. The van der Waals surface area contributed by atoms with E-state index in [4.69, 9.17) is 28.6 Å². The molecule has 0 aliphatic rings. The maximum Gasteiger partial charge on any atom is 0.269 e. The minimum Gasteiger partial charge on any atom is -0.497 e. The summed E-state index contributed by atoms with van der Waals surface area (Å²) in [5.41, 5.74) is 5.97. The van der Waals surface area contributed by atoms with Crippen molar-refractivity contribution >= 4 is 46.8 Å². The molecule has 0 bridgehead atoms. The predicted molar refractivity (Wildman–Crippen MR) is 105 cm³/mol. The first-order chi connectivity index (χ1) is 12.5. The van der Waals surface area contributed by atoms with Crippen molar-refractivity contribution in [2.24, 2.45) is 0 Å². The molecule has 0 fully saturated rings. The van der Waals surface area contributed by atoms with Gasteiger partial charge in [0.2, 0.25) is 5.91 Å². The summed E-state index contributed by atoms with van der Waals surface area (Å²) in [7, 11) is 1.54. The van der Waals surface area contributed by atoms with Crippen LogP contribution in [0.15, 0.2) is 54.6 Å². The topological polar surface area (TPSA) is 79.5 Å². The number of halogens is 1. The van der Waals surface area contributed by atoms with Gasteiger partial charge in [-0.3, -0.25) is 25.8 Å². The zero-order valence-electron chi connectivity index (χ0n) is 13.8. The van der Waals surface area contributed by atoms with Gasteiger partial charge in [-0.05, 0) is 54.2 Å². The second-order valence-corrected chi connectivity index (χ2v) is 5.80. The smallest absolute Gasteiger partial charge is 0.269 e. The molecule has 6 nitrogen and oxygen atoms in total. The fourth-order valence-electron chi connectivity index (χ4n) is 1.89. The lowest BCUT2D eigenvalue weighted by atomic mass is 10.2. The molecular weight excluding hydrogens is 374 g/mol. The summed E-state index contributed by atoms with van der Waals surface area (Å²) in [6, 6.07) is 13.6. The summed E-state index contributed by atoms with van der Waals surface area (Å²) in [6.07, 6.45) is 2.86. The Morgan fingerprint density at radius 3 is 2.42 bits per heavy atom. The molecule has 0 saturated heterocycles. The molecule has 0 aromatic heterocycles. The Hall–Kier alpha value is -2.90. The number of nitrogens with one attached hydrogen (secondary N) is 3. The molecule has 26 heavy (non-hydrogen) atoms. The Bertz CT molecular complexity index is 838. The quantitative estimate of drug-likeness (QED) is 0.425. The summed E-state index contributed by atoms with van der Waals surface area (Å²) in [5.74, 6) is -0.223. The van der Waals surface area contributed by atoms with Crippen LogP contribution < -0.4 is 20.9 Å². The first-order valence-corrected chi connectivity index (χ1v) is 8.26. The largest absolute Gasteiger partial charge is 0.497 e. The highest BCUT2D eigenvalue weighted by atomic mass is 35.5. The second kappa shape index (κ2) is 9.55. The van der Waals surface area contributed by atoms with Crippen LogP contribution in [-0.4, -0.2) is 24.0 Å². The Morgan fingerprint density at radius 2 is 1.77 bits per heavy atom. The number of rotatable bonds is 4. The van der Waals surface area contributed by atoms with Crippen LogP contribution in [0.3, 0.4) is 0 Å². The van der Waals surface area contributed by atoms with Crippen LogP contribution in [0.1, 0.15) is 15.9 Å². The van der Waals surface area contributed by atoms with E-state index in [0.29, 0.717) is 21.9 Å². The van der Waals surface area contributed by atoms with Gasteiger partial charge in [-0.1, -0.05) is 29.8 Å². The highest BCUT2D eigenvalue weighted by molar-refractivity contribution is 7.80. The van der Waals surface area contributed by atoms with Gasteiger partial charge in [-0.25, -0.2) is 0 Å². The number of hydrazine groups is 1. The first kappa shape index (κ1) is 19.4. The van der Waals surface area contributed by atoms with E-state index in [1.165, 1.54) is 13.2 Å². The average molecular weight is 390 g/mol. The molecule has 8 heteroatoms. The van der Waals surface area contributed by atoms with E-state index in [1.54, 1.807) is 48.5 Å². The Labute approximate surface area is 161 Å². The van der Waals surface area contributed by atoms with E-state index in [9.17, 15) is 9.59 Å². The van der Waals surface area contributed by atoms with Gasteiger partial charge in [0.25, 0.3) is 5.91 Å². The van der Waals surface area contributed by atoms with Crippen molar-refractivity contribution in [1.29, 1.82) is 0 Å². The van der Waals surface area contributed by atoms with Gasteiger partial charge in [0.15, 0.2) is 5.11 Å². The standard InChI is InChI=1S/C18H16ClN3O3S/c1-25-14-9-6-13(7-10-14)17(24)21-22-18(26)20-16(23)11-8-12-4-2-3-5-15(12)19/h2-11H,1H3,(H,21,24)(H2,20,22,23,26). The lowest BCUT2D eigenvalue weighted by molar-refractivity contribution is -0.115. The Kier molecular flexibility index (Phi) is 7.13. The van der Waals surface area contributed by atoms with Crippen LogP contribution in [0, 0.1) is 0 Å². The lowest BCUT2D eigenvalue weighted by Gasteiger charge is -2.10. The molecule has 0 unspecified atom stereocenters. The van der Waals surface area contributed by atoms with Gasteiger partial charge in [-0.2, -0.15) is 0 Å². The molecule has 0 atom stereocenters. The van der Waals surface area contributed by atoms with Gasteiger partial charge in [0, 0.05) is 16.7 Å². The van der Waals surface area contributed by atoms with Gasteiger partial charge in [-0.15, -0.1) is 0 Å². The van der Waals surface area contributed by atoms with Crippen LogP contribution in [0.25, 0.3) is 6.08 Å². The average Bonchev–Trinajstić information content (AvgIpc) is 2.65. The predicted octanol–water partition coefficient (Wildman–Crippen LogP) is 2.70. The normalized spacial score (nSPS) is 10.2. The zero-order valence-corrected chi connectivity index (χ0v) is 15.4. The summed E-state index contributed by atoms with van der Waals surface area (Å²) < 4.78 is 5.02. The maximum absolute atomic E-state index is 12.0. The maximum atomic E-state index is 12.0. The van der Waals surface area contributed by atoms with E-state index in [2.05, 4.69) is 16.2 Å². The fourth-order valence-corrected chi connectivity index (χ4v) is 2.24. The molecule has 2 aromatic rings. The van der Waals surface area contributed by atoms with Crippen molar-refractivity contribution in [2.75, 3.05) is 7.11 Å². The van der Waals surface area contributed by atoms with E-state index >= 15 is 0 Å². The molecule has 2 amide bonds. The van der Waals surface area contributed by atoms with Crippen molar-refractivity contribution in [3.63, 3.8) is 0 Å². The zero-order chi connectivity index (χ0) is 18.9. The number of carbonyl (C=O) groups is 2. The summed E-state index contributed by atoms with van der Waals surface area (Å²) in [4.78, 5) is 23.8. The minimum absolute atomic E-state index is 0.0410. The molecule has 2 aromatic carbocycles. The molecule has 0 saturated carbocycles. The van der Waals surface area contributed by atoms with Crippen LogP contribution in [0.4, 0.5) is 0 Å². The molecule has 0 heterocycles. The third kappa shape index (κ3) is 5.87. The third-order valence-corrected chi connectivity index (χ3v) is 3.75. The van der Waals surface area contributed by atoms with Gasteiger partial charge in [0.05, 0.1) is 7.11 Å². The number of hydrogen-bond donors (Lipinski definition) is 3. The highest BCUT2D eigenvalue weighted by Gasteiger charge is 2.07. The van der Waals surface area contributed by atoms with Crippen LogP contribution in [-0.2, 0) is 4.79 Å². The number of benzene rings is 2. The van der Waals surface area contributed by atoms with Crippen molar-refractivity contribution in [1.82, 2.24) is 16.2 Å². The van der Waals surface area contributed by atoms with E-state index < -0.39 is 11.8 Å².